The van der Waals surface area contributed by atoms with Crippen LogP contribution in [-0.2, 0) is 6.54 Å². The van der Waals surface area contributed by atoms with Gasteiger partial charge in [0.2, 0.25) is 0 Å². The molecule has 0 saturated carbocycles. The van der Waals surface area contributed by atoms with Crippen molar-refractivity contribution in [1.82, 2.24) is 39.8 Å². The Hall–Kier alpha value is -4.08. The molecule has 4 rings (SSSR count). The van der Waals surface area contributed by atoms with E-state index in [1.807, 2.05) is 29.8 Å². The van der Waals surface area contributed by atoms with Gasteiger partial charge in [-0.2, -0.15) is 10.2 Å². The molecule has 4 aromatic heterocycles. The van der Waals surface area contributed by atoms with Gasteiger partial charge in [0.25, 0.3) is 11.5 Å². The maximum absolute atomic E-state index is 12.6. The van der Waals surface area contributed by atoms with Crippen molar-refractivity contribution >= 4 is 5.91 Å². The van der Waals surface area contributed by atoms with Gasteiger partial charge >= 0.3 is 0 Å². The number of aromatic amines is 1. The Morgan fingerprint density at radius 2 is 2.00 bits per heavy atom. The van der Waals surface area contributed by atoms with Crippen molar-refractivity contribution in [3.8, 4) is 11.6 Å². The van der Waals surface area contributed by atoms with E-state index in [9.17, 15) is 9.59 Å². The second-order valence-corrected chi connectivity index (χ2v) is 6.38. The maximum Gasteiger partial charge on any atom is 0.264 e. The Kier molecular flexibility index (Phi) is 4.73. The van der Waals surface area contributed by atoms with Gasteiger partial charge < -0.3 is 5.32 Å². The standard InChI is InChI=1S/C19H18N8O2/c1-12-15(11-23-27(12)16-3-4-18(28)25-24-16)19(29)22-10-14-5-6-21-17(9-14)26-8-7-20-13(26)2/h3-9,11H,10H2,1-2H3,(H,22,29)(H,25,28). The van der Waals surface area contributed by atoms with Crippen LogP contribution in [0.4, 0.5) is 0 Å². The molecule has 0 aliphatic carbocycles. The van der Waals surface area contributed by atoms with Gasteiger partial charge in [0.15, 0.2) is 5.82 Å². The number of carbonyl (C=O) groups is 1. The molecule has 0 aromatic carbocycles. The van der Waals surface area contributed by atoms with Crippen molar-refractivity contribution in [2.24, 2.45) is 0 Å². The van der Waals surface area contributed by atoms with Crippen molar-refractivity contribution in [3.05, 3.63) is 82.1 Å². The first-order chi connectivity index (χ1) is 14.0. The summed E-state index contributed by atoms with van der Waals surface area (Å²) in [7, 11) is 0. The lowest BCUT2D eigenvalue weighted by atomic mass is 10.2. The number of hydrogen-bond donors (Lipinski definition) is 2. The third-order valence-electron chi connectivity index (χ3n) is 4.47. The zero-order valence-electron chi connectivity index (χ0n) is 15.8. The maximum atomic E-state index is 12.6. The van der Waals surface area contributed by atoms with Crippen molar-refractivity contribution in [1.29, 1.82) is 0 Å². The van der Waals surface area contributed by atoms with Crippen LogP contribution in [0, 0.1) is 13.8 Å². The van der Waals surface area contributed by atoms with E-state index < -0.39 is 0 Å². The van der Waals surface area contributed by atoms with Gasteiger partial charge in [-0.25, -0.2) is 19.7 Å². The summed E-state index contributed by atoms with van der Waals surface area (Å²) in [5.74, 6) is 1.74. The largest absolute Gasteiger partial charge is 0.348 e. The number of hydrogen-bond acceptors (Lipinski definition) is 6. The smallest absolute Gasteiger partial charge is 0.264 e. The molecule has 0 aliphatic rings. The van der Waals surface area contributed by atoms with E-state index in [2.05, 4.69) is 30.6 Å². The van der Waals surface area contributed by atoms with Crippen LogP contribution in [0.2, 0.25) is 0 Å². The molecule has 0 bridgehead atoms. The fourth-order valence-electron chi connectivity index (χ4n) is 2.92. The number of nitrogens with one attached hydrogen (secondary N) is 2. The summed E-state index contributed by atoms with van der Waals surface area (Å²) in [5.41, 5.74) is 1.65. The predicted molar refractivity (Wildman–Crippen MR) is 104 cm³/mol. The van der Waals surface area contributed by atoms with Gasteiger partial charge in [-0.05, 0) is 37.6 Å². The highest BCUT2D eigenvalue weighted by Crippen LogP contribution is 2.13. The van der Waals surface area contributed by atoms with Crippen LogP contribution in [0.3, 0.4) is 0 Å². The number of rotatable bonds is 5. The lowest BCUT2D eigenvalue weighted by Gasteiger charge is -2.08. The summed E-state index contributed by atoms with van der Waals surface area (Å²) in [6.07, 6.45) is 6.72. The highest BCUT2D eigenvalue weighted by atomic mass is 16.1. The highest BCUT2D eigenvalue weighted by Gasteiger charge is 2.16. The number of aryl methyl sites for hydroxylation is 1. The van der Waals surface area contributed by atoms with E-state index in [4.69, 9.17) is 0 Å². The Bertz CT molecular complexity index is 1220. The molecule has 10 heteroatoms. The molecular weight excluding hydrogens is 372 g/mol. The normalized spacial score (nSPS) is 10.8. The van der Waals surface area contributed by atoms with Crippen molar-refractivity contribution in [2.75, 3.05) is 0 Å². The number of carbonyl (C=O) groups excluding carboxylic acids is 1. The summed E-state index contributed by atoms with van der Waals surface area (Å²) in [6, 6.07) is 6.63. The molecule has 0 spiro atoms. The SMILES string of the molecule is Cc1nccn1-c1cc(CNC(=O)c2cnn(-c3ccc(=O)[nH]n3)c2C)ccn1. The van der Waals surface area contributed by atoms with E-state index >= 15 is 0 Å². The minimum atomic E-state index is -0.306. The van der Waals surface area contributed by atoms with E-state index in [1.165, 1.54) is 23.0 Å². The minimum absolute atomic E-state index is 0.254. The number of pyridine rings is 1. The summed E-state index contributed by atoms with van der Waals surface area (Å²) < 4.78 is 3.37. The number of imidazole rings is 1. The van der Waals surface area contributed by atoms with Gasteiger partial charge in [-0.3, -0.25) is 14.2 Å². The zero-order chi connectivity index (χ0) is 20.4. The van der Waals surface area contributed by atoms with Crippen LogP contribution in [0.15, 0.2) is 53.8 Å². The summed E-state index contributed by atoms with van der Waals surface area (Å²) in [6.45, 7) is 4.00. The summed E-state index contributed by atoms with van der Waals surface area (Å²) >= 11 is 0. The second kappa shape index (κ2) is 7.50. The van der Waals surface area contributed by atoms with Gasteiger partial charge in [-0.15, -0.1) is 0 Å². The molecule has 1 amide bonds. The monoisotopic (exact) mass is 390 g/mol. The van der Waals surface area contributed by atoms with Crippen molar-refractivity contribution < 1.29 is 4.79 Å². The number of H-pyrrole nitrogens is 1. The number of nitrogens with zero attached hydrogens (tertiary/aromatic N) is 6. The summed E-state index contributed by atoms with van der Waals surface area (Å²) in [4.78, 5) is 32.3. The molecule has 0 aliphatic heterocycles. The van der Waals surface area contributed by atoms with Crippen LogP contribution in [0.1, 0.15) is 27.4 Å². The molecule has 0 radical (unpaired) electrons. The zero-order valence-corrected chi connectivity index (χ0v) is 15.8. The molecule has 29 heavy (non-hydrogen) atoms. The average molecular weight is 390 g/mol. The molecular formula is C19H18N8O2. The first-order valence-electron chi connectivity index (χ1n) is 8.87. The average Bonchev–Trinajstić information content (AvgIpc) is 3.33. The second-order valence-electron chi connectivity index (χ2n) is 6.38. The molecule has 0 unspecified atom stereocenters. The quantitative estimate of drug-likeness (QED) is 0.526. The number of aromatic nitrogens is 7. The van der Waals surface area contributed by atoms with Crippen LogP contribution < -0.4 is 10.9 Å². The molecule has 0 atom stereocenters. The first-order valence-corrected chi connectivity index (χ1v) is 8.87. The van der Waals surface area contributed by atoms with Gasteiger partial charge in [-0.1, -0.05) is 0 Å². The van der Waals surface area contributed by atoms with E-state index in [-0.39, 0.29) is 11.5 Å². The van der Waals surface area contributed by atoms with Crippen LogP contribution in [0.5, 0.6) is 0 Å². The molecule has 4 aromatic rings. The van der Waals surface area contributed by atoms with Gasteiger partial charge in [0.05, 0.1) is 17.5 Å². The van der Waals surface area contributed by atoms with E-state index in [0.29, 0.717) is 23.6 Å². The lowest BCUT2D eigenvalue weighted by molar-refractivity contribution is 0.0950. The Balaban J connectivity index is 1.49. The molecule has 10 nitrogen and oxygen atoms in total. The predicted octanol–water partition coefficient (Wildman–Crippen LogP) is 1.08. The van der Waals surface area contributed by atoms with E-state index in [1.54, 1.807) is 19.3 Å². The molecule has 146 valence electrons. The Morgan fingerprint density at radius 3 is 2.72 bits per heavy atom. The first kappa shape index (κ1) is 18.3. The highest BCUT2D eigenvalue weighted by molar-refractivity contribution is 5.95. The van der Waals surface area contributed by atoms with Crippen LogP contribution in [0.25, 0.3) is 11.6 Å². The van der Waals surface area contributed by atoms with Crippen molar-refractivity contribution in [3.63, 3.8) is 0 Å². The molecule has 0 saturated heterocycles. The Labute approximate surface area is 165 Å². The van der Waals surface area contributed by atoms with Crippen molar-refractivity contribution in [2.45, 2.75) is 20.4 Å². The lowest BCUT2D eigenvalue weighted by Crippen LogP contribution is -2.23. The fraction of sp³-hybridized carbons (Fsp3) is 0.158. The summed E-state index contributed by atoms with van der Waals surface area (Å²) in [5, 5.41) is 13.4. The topological polar surface area (TPSA) is 123 Å². The van der Waals surface area contributed by atoms with Gasteiger partial charge in [0, 0.05) is 31.2 Å². The fourth-order valence-corrected chi connectivity index (χ4v) is 2.92. The molecule has 2 N–H and O–H groups in total. The molecule has 0 fully saturated rings. The third-order valence-corrected chi connectivity index (χ3v) is 4.47. The van der Waals surface area contributed by atoms with Crippen LogP contribution >= 0.6 is 0 Å². The van der Waals surface area contributed by atoms with E-state index in [0.717, 1.165) is 17.2 Å². The van der Waals surface area contributed by atoms with Gasteiger partial charge in [0.1, 0.15) is 11.6 Å². The third kappa shape index (κ3) is 3.68. The number of amides is 1. The van der Waals surface area contributed by atoms with Crippen LogP contribution in [-0.4, -0.2) is 40.4 Å². The Morgan fingerprint density at radius 1 is 1.14 bits per heavy atom. The molecule has 4 heterocycles. The minimum Gasteiger partial charge on any atom is -0.348 e.